The zero-order valence-corrected chi connectivity index (χ0v) is 16.6. The Labute approximate surface area is 169 Å². The van der Waals surface area contributed by atoms with E-state index in [1.807, 2.05) is 38.2 Å². The molecule has 0 atom stereocenters. The summed E-state index contributed by atoms with van der Waals surface area (Å²) < 4.78 is 22.3. The summed E-state index contributed by atoms with van der Waals surface area (Å²) in [6.07, 6.45) is 0. The average Bonchev–Trinajstić information content (AvgIpc) is 2.70. The molecule has 0 spiro atoms. The summed E-state index contributed by atoms with van der Waals surface area (Å²) in [5, 5.41) is 3.22. The van der Waals surface area contributed by atoms with Gasteiger partial charge in [0.1, 0.15) is 24.4 Å². The Morgan fingerprint density at radius 2 is 1.86 bits per heavy atom. The minimum atomic E-state index is -0.275. The van der Waals surface area contributed by atoms with Crippen molar-refractivity contribution in [2.45, 2.75) is 0 Å². The molecule has 0 fully saturated rings. The molecular formula is C25H20FN2O+. The van der Waals surface area contributed by atoms with Crippen LogP contribution in [-0.2, 0) is 7.05 Å². The van der Waals surface area contributed by atoms with E-state index in [1.165, 1.54) is 6.07 Å². The summed E-state index contributed by atoms with van der Waals surface area (Å²) >= 11 is 0. The Hall–Kier alpha value is -3.42. The van der Waals surface area contributed by atoms with E-state index in [0.717, 1.165) is 44.2 Å². The summed E-state index contributed by atoms with van der Waals surface area (Å²) in [6, 6.07) is 17.0. The number of nitrogens with zero attached hydrogens (tertiary/aromatic N) is 2. The molecule has 0 unspecified atom stereocenters. The van der Waals surface area contributed by atoms with Crippen LogP contribution in [0, 0.1) is 17.7 Å². The molecule has 5 rings (SSSR count). The van der Waals surface area contributed by atoms with Gasteiger partial charge in [-0.15, -0.1) is 0 Å². The van der Waals surface area contributed by atoms with Gasteiger partial charge in [-0.05, 0) is 50.5 Å². The highest BCUT2D eigenvalue weighted by atomic mass is 19.1. The van der Waals surface area contributed by atoms with E-state index in [0.29, 0.717) is 12.3 Å². The highest BCUT2D eigenvalue weighted by Crippen LogP contribution is 2.46. The number of halogens is 1. The number of fused-ring (bicyclic) bond motifs is 4. The van der Waals surface area contributed by atoms with Gasteiger partial charge < -0.3 is 4.74 Å². The van der Waals surface area contributed by atoms with Crippen molar-refractivity contribution in [3.05, 3.63) is 66.0 Å². The molecule has 4 heteroatoms. The van der Waals surface area contributed by atoms with Crippen LogP contribution < -0.4 is 9.30 Å². The van der Waals surface area contributed by atoms with Gasteiger partial charge in [0.25, 0.3) is 0 Å². The molecule has 3 nitrogen and oxygen atoms in total. The molecule has 1 aliphatic heterocycles. The third-order valence-electron chi connectivity index (χ3n) is 5.29. The first kappa shape index (κ1) is 17.7. The Kier molecular flexibility index (Phi) is 4.01. The number of rotatable bonds is 1. The molecule has 29 heavy (non-hydrogen) atoms. The third-order valence-corrected chi connectivity index (χ3v) is 5.29. The fourth-order valence-corrected chi connectivity index (χ4v) is 4.00. The van der Waals surface area contributed by atoms with Crippen molar-refractivity contribution < 1.29 is 13.7 Å². The fourth-order valence-electron chi connectivity index (χ4n) is 4.00. The molecule has 2 heterocycles. The lowest BCUT2D eigenvalue weighted by atomic mass is 9.95. The smallest absolute Gasteiger partial charge is 0.228 e. The summed E-state index contributed by atoms with van der Waals surface area (Å²) in [7, 11) is 6.02. The van der Waals surface area contributed by atoms with Crippen molar-refractivity contribution in [3.63, 3.8) is 0 Å². The summed E-state index contributed by atoms with van der Waals surface area (Å²) in [5.74, 6) is 7.63. The number of aromatic nitrogens is 1. The van der Waals surface area contributed by atoms with Gasteiger partial charge in [-0.1, -0.05) is 24.0 Å². The molecule has 0 saturated heterocycles. The normalized spacial score (nSPS) is 11.9. The van der Waals surface area contributed by atoms with Gasteiger partial charge in [0.05, 0.1) is 22.9 Å². The van der Waals surface area contributed by atoms with Crippen LogP contribution >= 0.6 is 0 Å². The molecule has 142 valence electrons. The minimum absolute atomic E-state index is 0.275. The van der Waals surface area contributed by atoms with E-state index in [-0.39, 0.29) is 5.82 Å². The van der Waals surface area contributed by atoms with Crippen molar-refractivity contribution >= 4 is 21.7 Å². The molecule has 4 aromatic rings. The first-order valence-corrected chi connectivity index (χ1v) is 9.53. The van der Waals surface area contributed by atoms with Crippen molar-refractivity contribution in [1.29, 1.82) is 0 Å². The predicted molar refractivity (Wildman–Crippen MR) is 114 cm³/mol. The molecule has 1 aliphatic rings. The number of hydrogen-bond donors (Lipinski definition) is 0. The van der Waals surface area contributed by atoms with E-state index in [9.17, 15) is 4.39 Å². The first-order chi connectivity index (χ1) is 14.0. The lowest BCUT2D eigenvalue weighted by Gasteiger charge is -2.20. The van der Waals surface area contributed by atoms with Gasteiger partial charge in [-0.2, -0.15) is 4.57 Å². The Bertz CT molecular complexity index is 1360. The van der Waals surface area contributed by atoms with Gasteiger partial charge in [0.15, 0.2) is 0 Å². The molecule has 0 bridgehead atoms. The number of ether oxygens (including phenoxy) is 1. The van der Waals surface area contributed by atoms with Crippen LogP contribution in [0.25, 0.3) is 32.9 Å². The van der Waals surface area contributed by atoms with E-state index in [4.69, 9.17) is 4.74 Å². The van der Waals surface area contributed by atoms with Crippen LogP contribution in [0.4, 0.5) is 4.39 Å². The third kappa shape index (κ3) is 2.83. The van der Waals surface area contributed by atoms with Crippen LogP contribution in [0.5, 0.6) is 11.5 Å². The maximum atomic E-state index is 14.1. The highest BCUT2D eigenvalue weighted by molar-refractivity contribution is 6.12. The Morgan fingerprint density at radius 3 is 2.69 bits per heavy atom. The highest BCUT2D eigenvalue weighted by Gasteiger charge is 2.30. The van der Waals surface area contributed by atoms with E-state index in [2.05, 4.69) is 40.7 Å². The number of pyridine rings is 1. The van der Waals surface area contributed by atoms with Gasteiger partial charge in [0.2, 0.25) is 11.2 Å². The van der Waals surface area contributed by atoms with Gasteiger partial charge in [-0.25, -0.2) is 4.39 Å². The van der Waals surface area contributed by atoms with Gasteiger partial charge in [-0.3, -0.25) is 4.90 Å². The largest absolute Gasteiger partial charge is 0.456 e. The molecule has 0 radical (unpaired) electrons. The molecule has 3 aromatic carbocycles. The summed E-state index contributed by atoms with van der Waals surface area (Å²) in [5.41, 5.74) is 3.74. The van der Waals surface area contributed by atoms with Crippen LogP contribution in [-0.4, -0.2) is 25.5 Å². The van der Waals surface area contributed by atoms with Crippen molar-refractivity contribution in [1.82, 2.24) is 4.90 Å². The van der Waals surface area contributed by atoms with Crippen LogP contribution in [0.2, 0.25) is 0 Å². The standard InChI is InChI=1S/C25H20FN2O/c1-27(2)13-5-6-16-9-11-18-19-7-4-8-23-24(19)25(28(3)21(18)14-16)20-15-17(26)10-12-22(20)29-23/h4,7-12,14-15H,13H2,1-3H3/q+1. The monoisotopic (exact) mass is 383 g/mol. The predicted octanol–water partition coefficient (Wildman–Crippen LogP) is 4.64. The van der Waals surface area contributed by atoms with Crippen molar-refractivity contribution in [3.8, 4) is 34.6 Å². The second kappa shape index (κ2) is 6.58. The minimum Gasteiger partial charge on any atom is -0.456 e. The van der Waals surface area contributed by atoms with Crippen molar-refractivity contribution in [2.75, 3.05) is 20.6 Å². The average molecular weight is 383 g/mol. The molecule has 0 N–H and O–H groups in total. The van der Waals surface area contributed by atoms with E-state index < -0.39 is 0 Å². The second-order valence-corrected chi connectivity index (χ2v) is 7.60. The van der Waals surface area contributed by atoms with Crippen LogP contribution in [0.3, 0.4) is 0 Å². The summed E-state index contributed by atoms with van der Waals surface area (Å²) in [6.45, 7) is 0.709. The SMILES string of the molecule is CN(C)CC#Cc1ccc2c3cccc4c3c([n+](C)c2c1)-c1cc(F)ccc1O4. The maximum Gasteiger partial charge on any atom is 0.228 e. The van der Waals surface area contributed by atoms with Crippen molar-refractivity contribution in [2.24, 2.45) is 7.05 Å². The summed E-state index contributed by atoms with van der Waals surface area (Å²) in [4.78, 5) is 2.04. The number of hydrogen-bond acceptors (Lipinski definition) is 2. The quantitative estimate of drug-likeness (QED) is 0.238. The zero-order chi connectivity index (χ0) is 20.1. The molecule has 0 saturated carbocycles. The first-order valence-electron chi connectivity index (χ1n) is 9.53. The molecule has 0 aliphatic carbocycles. The molecule has 0 amide bonds. The lowest BCUT2D eigenvalue weighted by Crippen LogP contribution is -2.33. The van der Waals surface area contributed by atoms with Crippen LogP contribution in [0.15, 0.2) is 54.6 Å². The topological polar surface area (TPSA) is 16.4 Å². The lowest BCUT2D eigenvalue weighted by molar-refractivity contribution is -0.632. The Balaban J connectivity index is 1.84. The maximum absolute atomic E-state index is 14.1. The van der Waals surface area contributed by atoms with E-state index >= 15 is 0 Å². The zero-order valence-electron chi connectivity index (χ0n) is 16.6. The number of aryl methyl sites for hydroxylation is 1. The van der Waals surface area contributed by atoms with E-state index in [1.54, 1.807) is 12.1 Å². The fraction of sp³-hybridized carbons (Fsp3) is 0.160. The van der Waals surface area contributed by atoms with Crippen LogP contribution in [0.1, 0.15) is 5.56 Å². The van der Waals surface area contributed by atoms with Gasteiger partial charge in [0, 0.05) is 17.0 Å². The van der Waals surface area contributed by atoms with Gasteiger partial charge >= 0.3 is 0 Å². The second-order valence-electron chi connectivity index (χ2n) is 7.60. The molecule has 1 aromatic heterocycles. The number of benzene rings is 3. The Morgan fingerprint density at radius 1 is 1.00 bits per heavy atom. The molecular weight excluding hydrogens is 363 g/mol.